The van der Waals surface area contributed by atoms with Gasteiger partial charge in [0.15, 0.2) is 5.11 Å². The first-order valence-corrected chi connectivity index (χ1v) is 7.90. The van der Waals surface area contributed by atoms with Crippen LogP contribution in [0, 0.1) is 6.92 Å². The van der Waals surface area contributed by atoms with E-state index in [1.165, 1.54) is 5.56 Å². The van der Waals surface area contributed by atoms with Crippen molar-refractivity contribution in [1.29, 1.82) is 0 Å². The maximum absolute atomic E-state index is 5.39. The normalized spacial score (nSPS) is 11.8. The highest BCUT2D eigenvalue weighted by Gasteiger charge is 2.12. The van der Waals surface area contributed by atoms with Crippen molar-refractivity contribution in [3.8, 4) is 0 Å². The van der Waals surface area contributed by atoms with E-state index in [2.05, 4.69) is 67.1 Å². The molecule has 0 bridgehead atoms. The van der Waals surface area contributed by atoms with Crippen LogP contribution < -0.4 is 16.0 Å². The highest BCUT2D eigenvalue weighted by Crippen LogP contribution is 2.18. The molecule has 1 unspecified atom stereocenters. The Labute approximate surface area is 138 Å². The molecule has 0 aromatic heterocycles. The molecule has 1 atom stereocenters. The van der Waals surface area contributed by atoms with Gasteiger partial charge in [-0.25, -0.2) is 0 Å². The average Bonchev–Trinajstić information content (AvgIpc) is 2.47. The summed E-state index contributed by atoms with van der Waals surface area (Å²) in [6.07, 6.45) is -0.0817. The number of nitrogens with one attached hydrogen (secondary N) is 3. The summed E-state index contributed by atoms with van der Waals surface area (Å²) in [5, 5.41) is 10.7. The number of hydrogen-bond acceptors (Lipinski definition) is 2. The van der Waals surface area contributed by atoms with Crippen LogP contribution in [-0.4, -0.2) is 11.2 Å². The Morgan fingerprint density at radius 3 is 2.32 bits per heavy atom. The van der Waals surface area contributed by atoms with E-state index in [1.807, 2.05) is 24.3 Å². The molecule has 0 saturated heterocycles. The zero-order valence-corrected chi connectivity index (χ0v) is 14.1. The van der Waals surface area contributed by atoms with Gasteiger partial charge in [-0.15, -0.1) is 0 Å². The van der Waals surface area contributed by atoms with E-state index in [-0.39, 0.29) is 6.17 Å². The largest absolute Gasteiger partial charge is 0.362 e. The lowest BCUT2D eigenvalue weighted by Crippen LogP contribution is -2.43. The molecule has 4 heteroatoms. The molecule has 116 valence electrons. The lowest BCUT2D eigenvalue weighted by Gasteiger charge is -2.24. The van der Waals surface area contributed by atoms with Gasteiger partial charge in [-0.2, -0.15) is 0 Å². The van der Waals surface area contributed by atoms with Crippen LogP contribution in [0.5, 0.6) is 0 Å². The van der Waals surface area contributed by atoms with Gasteiger partial charge in [0.05, 0.1) is 0 Å². The molecule has 0 aliphatic carbocycles. The van der Waals surface area contributed by atoms with Gasteiger partial charge in [0, 0.05) is 11.7 Å². The van der Waals surface area contributed by atoms with E-state index in [0.29, 0.717) is 11.2 Å². The summed E-state index contributed by atoms with van der Waals surface area (Å²) in [5.41, 5.74) is 3.42. The molecule has 2 aromatic rings. The van der Waals surface area contributed by atoms with Crippen molar-refractivity contribution in [3.05, 3.63) is 65.7 Å². The van der Waals surface area contributed by atoms with Crippen molar-refractivity contribution >= 4 is 23.0 Å². The van der Waals surface area contributed by atoms with E-state index in [9.17, 15) is 0 Å². The molecule has 22 heavy (non-hydrogen) atoms. The van der Waals surface area contributed by atoms with Crippen LogP contribution in [0.3, 0.4) is 0 Å². The summed E-state index contributed by atoms with van der Waals surface area (Å²) in [5.74, 6) is 0. The van der Waals surface area contributed by atoms with Gasteiger partial charge in [0.25, 0.3) is 0 Å². The number of rotatable bonds is 5. The first-order chi connectivity index (χ1) is 10.5. The predicted molar refractivity (Wildman–Crippen MR) is 98.0 cm³/mol. The molecule has 0 amide bonds. The number of aryl methyl sites for hydroxylation is 1. The SMILES string of the molecule is Cc1cccc(NC(NC(=S)NC(C)C)c2ccccc2)c1. The molecule has 0 fully saturated rings. The highest BCUT2D eigenvalue weighted by atomic mass is 32.1. The van der Waals surface area contributed by atoms with Crippen molar-refractivity contribution in [2.45, 2.75) is 33.0 Å². The first-order valence-electron chi connectivity index (χ1n) is 7.50. The van der Waals surface area contributed by atoms with Crippen molar-refractivity contribution in [1.82, 2.24) is 10.6 Å². The summed E-state index contributed by atoms with van der Waals surface area (Å²) in [7, 11) is 0. The average molecular weight is 313 g/mol. The predicted octanol–water partition coefficient (Wildman–Crippen LogP) is 3.98. The van der Waals surface area contributed by atoms with Gasteiger partial charge < -0.3 is 16.0 Å². The van der Waals surface area contributed by atoms with E-state index in [0.717, 1.165) is 11.3 Å². The van der Waals surface area contributed by atoms with Crippen molar-refractivity contribution in [2.75, 3.05) is 5.32 Å². The molecule has 3 nitrogen and oxygen atoms in total. The molecule has 0 aliphatic heterocycles. The molecular weight excluding hydrogens is 290 g/mol. The van der Waals surface area contributed by atoms with Crippen LogP contribution in [0.4, 0.5) is 5.69 Å². The van der Waals surface area contributed by atoms with Gasteiger partial charge in [0.2, 0.25) is 0 Å². The lowest BCUT2D eigenvalue weighted by molar-refractivity contribution is 0.672. The molecule has 0 aliphatic rings. The Morgan fingerprint density at radius 2 is 1.68 bits per heavy atom. The van der Waals surface area contributed by atoms with Crippen LogP contribution >= 0.6 is 12.2 Å². The molecule has 2 aromatic carbocycles. The minimum Gasteiger partial charge on any atom is -0.362 e. The zero-order chi connectivity index (χ0) is 15.9. The van der Waals surface area contributed by atoms with Gasteiger partial charge in [0.1, 0.15) is 6.17 Å². The maximum Gasteiger partial charge on any atom is 0.168 e. The topological polar surface area (TPSA) is 36.1 Å². The Bertz CT molecular complexity index is 611. The second-order valence-corrected chi connectivity index (χ2v) is 6.04. The monoisotopic (exact) mass is 313 g/mol. The summed E-state index contributed by atoms with van der Waals surface area (Å²) in [6.45, 7) is 6.22. The van der Waals surface area contributed by atoms with Crippen molar-refractivity contribution in [2.24, 2.45) is 0 Å². The molecule has 0 spiro atoms. The van der Waals surface area contributed by atoms with Gasteiger partial charge in [-0.05, 0) is 56.2 Å². The van der Waals surface area contributed by atoms with E-state index in [4.69, 9.17) is 12.2 Å². The van der Waals surface area contributed by atoms with Gasteiger partial charge in [-0.1, -0.05) is 42.5 Å². The summed E-state index contributed by atoms with van der Waals surface area (Å²) < 4.78 is 0. The standard InChI is InChI=1S/C18H23N3S/c1-13(2)19-18(22)21-17(15-9-5-4-6-10-15)20-16-11-7-8-14(3)12-16/h4-13,17,20H,1-3H3,(H2,19,21,22). The van der Waals surface area contributed by atoms with Crippen LogP contribution in [0.15, 0.2) is 54.6 Å². The molecule has 2 rings (SSSR count). The quantitative estimate of drug-likeness (QED) is 0.576. The number of hydrogen-bond donors (Lipinski definition) is 3. The van der Waals surface area contributed by atoms with E-state index >= 15 is 0 Å². The fourth-order valence-corrected chi connectivity index (χ4v) is 2.54. The van der Waals surface area contributed by atoms with Crippen LogP contribution in [0.1, 0.15) is 31.1 Å². The van der Waals surface area contributed by atoms with E-state index < -0.39 is 0 Å². The van der Waals surface area contributed by atoms with Crippen LogP contribution in [-0.2, 0) is 0 Å². The highest BCUT2D eigenvalue weighted by molar-refractivity contribution is 7.80. The number of anilines is 1. The third kappa shape index (κ3) is 5.04. The summed E-state index contributed by atoms with van der Waals surface area (Å²) >= 11 is 5.39. The Morgan fingerprint density at radius 1 is 0.955 bits per heavy atom. The van der Waals surface area contributed by atoms with Crippen LogP contribution in [0.2, 0.25) is 0 Å². The maximum atomic E-state index is 5.39. The Balaban J connectivity index is 2.16. The summed E-state index contributed by atoms with van der Waals surface area (Å²) in [6, 6.07) is 18.8. The third-order valence-corrected chi connectivity index (χ3v) is 3.39. The number of thiocarbonyl (C=S) groups is 1. The molecule has 0 radical (unpaired) electrons. The van der Waals surface area contributed by atoms with E-state index in [1.54, 1.807) is 0 Å². The van der Waals surface area contributed by atoms with Crippen molar-refractivity contribution in [3.63, 3.8) is 0 Å². The van der Waals surface area contributed by atoms with Gasteiger partial charge in [-0.3, -0.25) is 0 Å². The Kier molecular flexibility index (Phi) is 5.78. The fourth-order valence-electron chi connectivity index (χ4n) is 2.18. The first kappa shape index (κ1) is 16.3. The minimum atomic E-state index is -0.0817. The molecular formula is C18H23N3S. The van der Waals surface area contributed by atoms with Gasteiger partial charge >= 0.3 is 0 Å². The molecule has 3 N–H and O–H groups in total. The molecule has 0 heterocycles. The second-order valence-electron chi connectivity index (χ2n) is 5.63. The smallest absolute Gasteiger partial charge is 0.168 e. The lowest BCUT2D eigenvalue weighted by atomic mass is 10.1. The second kappa shape index (κ2) is 7.80. The zero-order valence-electron chi connectivity index (χ0n) is 13.3. The van der Waals surface area contributed by atoms with Crippen molar-refractivity contribution < 1.29 is 0 Å². The fraction of sp³-hybridized carbons (Fsp3) is 0.278. The number of benzene rings is 2. The summed E-state index contributed by atoms with van der Waals surface area (Å²) in [4.78, 5) is 0. The Hall–Kier alpha value is -2.07. The molecule has 0 saturated carbocycles. The van der Waals surface area contributed by atoms with Crippen LogP contribution in [0.25, 0.3) is 0 Å². The third-order valence-electron chi connectivity index (χ3n) is 3.16. The minimum absolute atomic E-state index is 0.0817.